The molecule has 2 aromatic carbocycles. The number of hydrogen-bond donors (Lipinski definition) is 1. The lowest BCUT2D eigenvalue weighted by Crippen LogP contribution is -2.26. The van der Waals surface area contributed by atoms with Crippen LogP contribution in [-0.4, -0.2) is 44.8 Å². The van der Waals surface area contributed by atoms with Crippen LogP contribution in [0.2, 0.25) is 0 Å². The lowest BCUT2D eigenvalue weighted by atomic mass is 10.3. The van der Waals surface area contributed by atoms with Gasteiger partial charge in [-0.05, 0) is 31.2 Å². The minimum atomic E-state index is -3.90. The molecule has 31 heavy (non-hydrogen) atoms. The number of nitrogens with one attached hydrogen (secondary N) is 1. The predicted molar refractivity (Wildman–Crippen MR) is 107 cm³/mol. The normalized spacial score (nSPS) is 11.2. The van der Waals surface area contributed by atoms with E-state index in [4.69, 9.17) is 4.74 Å². The Morgan fingerprint density at radius 3 is 2.35 bits per heavy atom. The number of hydrogen-bond acceptors (Lipinski definition) is 8. The highest BCUT2D eigenvalue weighted by molar-refractivity contribution is 7.99. The molecular formula is C18H18F2N2O7S2. The molecule has 0 saturated carbocycles. The summed E-state index contributed by atoms with van der Waals surface area (Å²) in [6.45, 7) is 0.987. The summed E-state index contributed by atoms with van der Waals surface area (Å²) in [7, 11) is -3.90. The molecule has 9 nitrogen and oxygen atoms in total. The molecule has 0 amide bonds. The van der Waals surface area contributed by atoms with Crippen LogP contribution in [0.5, 0.6) is 5.75 Å². The van der Waals surface area contributed by atoms with Crippen LogP contribution in [-0.2, 0) is 19.6 Å². The topological polar surface area (TPSA) is 125 Å². The number of carbonyl (C=O) groups is 1. The molecule has 0 aliphatic rings. The summed E-state index contributed by atoms with van der Waals surface area (Å²) < 4.78 is 64.2. The molecule has 2 rings (SSSR count). The van der Waals surface area contributed by atoms with E-state index in [9.17, 15) is 32.1 Å². The third-order valence-electron chi connectivity index (χ3n) is 3.63. The lowest BCUT2D eigenvalue weighted by molar-refractivity contribution is -0.384. The molecule has 0 atom stereocenters. The molecule has 0 aliphatic carbocycles. The number of sulfonamides is 1. The van der Waals surface area contributed by atoms with Gasteiger partial charge >= 0.3 is 5.97 Å². The summed E-state index contributed by atoms with van der Waals surface area (Å²) in [5.74, 6) is -3.36. The van der Waals surface area contributed by atoms with Crippen molar-refractivity contribution in [2.45, 2.75) is 16.7 Å². The highest BCUT2D eigenvalue weighted by Crippen LogP contribution is 2.28. The van der Waals surface area contributed by atoms with Crippen LogP contribution in [0.3, 0.4) is 0 Å². The second-order valence-electron chi connectivity index (χ2n) is 5.81. The van der Waals surface area contributed by atoms with Crippen molar-refractivity contribution in [3.8, 4) is 5.75 Å². The van der Waals surface area contributed by atoms with Gasteiger partial charge in [0.15, 0.2) is 24.0 Å². The summed E-state index contributed by atoms with van der Waals surface area (Å²) in [6, 6.07) is 6.35. The van der Waals surface area contributed by atoms with E-state index >= 15 is 0 Å². The van der Waals surface area contributed by atoms with Gasteiger partial charge in [0.25, 0.3) is 5.69 Å². The van der Waals surface area contributed by atoms with E-state index < -0.39 is 44.9 Å². The number of halogens is 2. The Morgan fingerprint density at radius 1 is 1.19 bits per heavy atom. The number of nitro groups is 1. The minimum absolute atomic E-state index is 0.0612. The summed E-state index contributed by atoms with van der Waals surface area (Å²) in [5, 5.41) is 10.6. The van der Waals surface area contributed by atoms with Crippen LogP contribution in [0, 0.1) is 21.7 Å². The fourth-order valence-corrected chi connectivity index (χ4v) is 4.24. The maximum absolute atomic E-state index is 14.1. The Balaban J connectivity index is 1.90. The Kier molecular flexibility index (Phi) is 8.71. The van der Waals surface area contributed by atoms with Crippen LogP contribution in [0.25, 0.3) is 0 Å². The first-order chi connectivity index (χ1) is 14.6. The molecule has 0 saturated heterocycles. The van der Waals surface area contributed by atoms with Gasteiger partial charge in [-0.25, -0.2) is 26.7 Å². The maximum Gasteiger partial charge on any atom is 0.344 e. The Labute approximate surface area is 180 Å². The van der Waals surface area contributed by atoms with E-state index in [1.807, 2.05) is 0 Å². The van der Waals surface area contributed by atoms with Crippen molar-refractivity contribution in [3.05, 3.63) is 58.1 Å². The van der Waals surface area contributed by atoms with Crippen molar-refractivity contribution in [1.82, 2.24) is 4.72 Å². The molecule has 0 aromatic heterocycles. The van der Waals surface area contributed by atoms with Gasteiger partial charge in [-0.15, -0.1) is 11.8 Å². The van der Waals surface area contributed by atoms with Gasteiger partial charge in [-0.3, -0.25) is 10.1 Å². The van der Waals surface area contributed by atoms with Gasteiger partial charge < -0.3 is 9.47 Å². The zero-order chi connectivity index (χ0) is 23.0. The quantitative estimate of drug-likeness (QED) is 0.173. The van der Waals surface area contributed by atoms with E-state index in [0.717, 1.165) is 48.2 Å². The van der Waals surface area contributed by atoms with Gasteiger partial charge in [0.05, 0.1) is 16.4 Å². The lowest BCUT2D eigenvalue weighted by Gasteiger charge is -2.10. The van der Waals surface area contributed by atoms with Crippen molar-refractivity contribution < 1.29 is 36.4 Å². The van der Waals surface area contributed by atoms with Crippen molar-refractivity contribution >= 4 is 33.4 Å². The number of rotatable bonds is 11. The zero-order valence-corrected chi connectivity index (χ0v) is 17.8. The minimum Gasteiger partial charge on any atom is -0.476 e. The van der Waals surface area contributed by atoms with Gasteiger partial charge in [0.2, 0.25) is 10.0 Å². The molecule has 0 bridgehead atoms. The zero-order valence-electron chi connectivity index (χ0n) is 16.2. The van der Waals surface area contributed by atoms with E-state index in [2.05, 4.69) is 9.46 Å². The van der Waals surface area contributed by atoms with E-state index in [1.165, 1.54) is 0 Å². The molecule has 0 spiro atoms. The third kappa shape index (κ3) is 7.15. The monoisotopic (exact) mass is 476 g/mol. The fourth-order valence-electron chi connectivity index (χ4n) is 2.27. The first-order valence-electron chi connectivity index (χ1n) is 8.78. The first-order valence-corrected chi connectivity index (χ1v) is 11.2. The smallest absolute Gasteiger partial charge is 0.344 e. The Morgan fingerprint density at radius 2 is 1.81 bits per heavy atom. The highest BCUT2D eigenvalue weighted by Gasteiger charge is 2.17. The van der Waals surface area contributed by atoms with E-state index in [0.29, 0.717) is 0 Å². The molecular weight excluding hydrogens is 458 g/mol. The number of ether oxygens (including phenoxy) is 2. The number of thioether (sulfide) groups is 1. The molecule has 13 heteroatoms. The number of benzene rings is 2. The molecule has 0 heterocycles. The second-order valence-corrected chi connectivity index (χ2v) is 8.74. The van der Waals surface area contributed by atoms with Crippen molar-refractivity contribution in [3.63, 3.8) is 0 Å². The van der Waals surface area contributed by atoms with Crippen LogP contribution in [0.1, 0.15) is 6.92 Å². The largest absolute Gasteiger partial charge is 0.476 e. The van der Waals surface area contributed by atoms with E-state index in [-0.39, 0.29) is 34.4 Å². The van der Waals surface area contributed by atoms with Crippen LogP contribution in [0.4, 0.5) is 14.5 Å². The van der Waals surface area contributed by atoms with E-state index in [1.54, 1.807) is 6.92 Å². The summed E-state index contributed by atoms with van der Waals surface area (Å²) >= 11 is 0.989. The van der Waals surface area contributed by atoms with Crippen molar-refractivity contribution in [1.29, 1.82) is 0 Å². The summed E-state index contributed by atoms with van der Waals surface area (Å²) in [4.78, 5) is 21.2. The Hall–Kier alpha value is -2.77. The number of esters is 1. The van der Waals surface area contributed by atoms with Gasteiger partial charge in [0, 0.05) is 29.3 Å². The number of nitro benzene ring substituents is 1. The van der Waals surface area contributed by atoms with Gasteiger partial charge in [0.1, 0.15) is 0 Å². The molecule has 0 fully saturated rings. The Bertz CT molecular complexity index is 1020. The number of non-ortho nitro benzene ring substituents is 1. The summed E-state index contributed by atoms with van der Waals surface area (Å²) in [6.07, 6.45) is 0. The third-order valence-corrected chi connectivity index (χ3v) is 6.09. The van der Waals surface area contributed by atoms with Gasteiger partial charge in [-0.1, -0.05) is 0 Å². The molecule has 1 N–H and O–H groups in total. The maximum atomic E-state index is 14.1. The number of nitrogens with zero attached hydrogens (tertiary/aromatic N) is 1. The molecule has 0 unspecified atom stereocenters. The molecule has 0 radical (unpaired) electrons. The van der Waals surface area contributed by atoms with Crippen LogP contribution >= 0.6 is 11.8 Å². The standard InChI is InChI=1S/C18H18F2N2O7S2/c1-2-28-17(23)11-29-18-15(19)9-13(10-16(18)20)30-8-7-21-31(26,27)14-5-3-12(4-6-14)22(24)25/h3-6,9-10,21H,2,7-8,11H2,1H3. The second kappa shape index (κ2) is 11.0. The molecule has 2 aromatic rings. The van der Waals surface area contributed by atoms with Crippen LogP contribution < -0.4 is 9.46 Å². The average Bonchev–Trinajstić information content (AvgIpc) is 2.71. The number of carbonyl (C=O) groups excluding carboxylic acids is 1. The van der Waals surface area contributed by atoms with Crippen molar-refractivity contribution in [2.24, 2.45) is 0 Å². The molecule has 168 valence electrons. The predicted octanol–water partition coefficient (Wildman–Crippen LogP) is 2.89. The highest BCUT2D eigenvalue weighted by atomic mass is 32.2. The first kappa shape index (κ1) is 24.5. The fraction of sp³-hybridized carbons (Fsp3) is 0.278. The SMILES string of the molecule is CCOC(=O)COc1c(F)cc(SCCNS(=O)(=O)c2ccc([N+](=O)[O-])cc2)cc1F. The van der Waals surface area contributed by atoms with Crippen LogP contribution in [0.15, 0.2) is 46.2 Å². The van der Waals surface area contributed by atoms with Gasteiger partial charge in [-0.2, -0.15) is 0 Å². The molecule has 0 aliphatic heterocycles. The van der Waals surface area contributed by atoms with Crippen molar-refractivity contribution in [2.75, 3.05) is 25.5 Å². The summed E-state index contributed by atoms with van der Waals surface area (Å²) in [5.41, 5.74) is -0.242. The average molecular weight is 476 g/mol.